The molecule has 9 aromatic rings. The van der Waals surface area contributed by atoms with Crippen molar-refractivity contribution in [1.82, 2.24) is 24.1 Å². The molecular formula is C51H37N7. The smallest absolute Gasteiger partial charge is 0.165 e. The molecule has 58 heavy (non-hydrogen) atoms. The molecule has 0 radical (unpaired) electrons. The van der Waals surface area contributed by atoms with Crippen molar-refractivity contribution in [2.45, 2.75) is 43.9 Å². The number of para-hydroxylation sites is 4. The van der Waals surface area contributed by atoms with E-state index in [1.165, 1.54) is 19.3 Å². The van der Waals surface area contributed by atoms with Crippen LogP contribution in [0.1, 0.15) is 55.5 Å². The first-order valence-electron chi connectivity index (χ1n) is 20.4. The lowest BCUT2D eigenvalue weighted by Gasteiger charge is -2.56. The van der Waals surface area contributed by atoms with Gasteiger partial charge in [0.1, 0.15) is 5.82 Å². The van der Waals surface area contributed by atoms with Crippen molar-refractivity contribution in [2.75, 3.05) is 0 Å². The quantitative estimate of drug-likeness (QED) is 0.175. The van der Waals surface area contributed by atoms with Crippen LogP contribution in [0, 0.1) is 40.4 Å². The molecule has 0 saturated heterocycles. The van der Waals surface area contributed by atoms with E-state index in [0.717, 1.165) is 91.2 Å². The van der Waals surface area contributed by atoms with E-state index in [0.29, 0.717) is 40.5 Å². The topological polar surface area (TPSA) is 96.1 Å². The SMILES string of the molecule is N#Cc1ccc(-n2c3ccccc3c3ccccc32)c(-c2nc(-c3cc(C#N)ccc3-n3c4ccccc4c4ccccc43)nc(C34CC5CC(CC(C5)C3)C4)n2)c1. The van der Waals surface area contributed by atoms with Gasteiger partial charge in [-0.05, 0) is 117 Å². The molecule has 4 bridgehead atoms. The lowest BCUT2D eigenvalue weighted by atomic mass is 9.49. The lowest BCUT2D eigenvalue weighted by molar-refractivity contribution is -0.00938. The van der Waals surface area contributed by atoms with Gasteiger partial charge in [-0.3, -0.25) is 0 Å². The molecule has 0 N–H and O–H groups in total. The van der Waals surface area contributed by atoms with Gasteiger partial charge < -0.3 is 9.13 Å². The summed E-state index contributed by atoms with van der Waals surface area (Å²) in [7, 11) is 0. The van der Waals surface area contributed by atoms with Crippen LogP contribution in [0.3, 0.4) is 0 Å². The van der Waals surface area contributed by atoms with Crippen molar-refractivity contribution < 1.29 is 0 Å². The van der Waals surface area contributed by atoms with Gasteiger partial charge in [0.2, 0.25) is 0 Å². The Hall–Kier alpha value is -7.09. The summed E-state index contributed by atoms with van der Waals surface area (Å²) in [6, 6.07) is 50.5. The zero-order chi connectivity index (χ0) is 38.5. The molecular weight excluding hydrogens is 711 g/mol. The average molecular weight is 748 g/mol. The predicted molar refractivity (Wildman–Crippen MR) is 229 cm³/mol. The maximum absolute atomic E-state index is 10.3. The molecule has 0 atom stereocenters. The highest BCUT2D eigenvalue weighted by Gasteiger charge is 2.53. The number of nitrogens with zero attached hydrogens (tertiary/aromatic N) is 7. The largest absolute Gasteiger partial charge is 0.309 e. The van der Waals surface area contributed by atoms with E-state index in [-0.39, 0.29) is 5.41 Å². The summed E-state index contributed by atoms with van der Waals surface area (Å²) in [5.74, 6) is 3.97. The monoisotopic (exact) mass is 747 g/mol. The third-order valence-electron chi connectivity index (χ3n) is 13.5. The summed E-state index contributed by atoms with van der Waals surface area (Å²) in [4.78, 5) is 16.5. The number of aromatic nitrogens is 5. The number of rotatable bonds is 5. The molecule has 276 valence electrons. The van der Waals surface area contributed by atoms with E-state index >= 15 is 0 Å². The Morgan fingerprint density at radius 2 is 0.828 bits per heavy atom. The number of benzene rings is 6. The molecule has 7 nitrogen and oxygen atoms in total. The molecule has 13 rings (SSSR count). The van der Waals surface area contributed by atoms with Crippen LogP contribution < -0.4 is 0 Å². The van der Waals surface area contributed by atoms with E-state index < -0.39 is 0 Å². The molecule has 3 aromatic heterocycles. The van der Waals surface area contributed by atoms with Gasteiger partial charge in [0, 0.05) is 38.1 Å². The molecule has 4 aliphatic rings. The standard InChI is InChI=1S/C51H37N7/c52-29-31-17-19-46(57-42-13-5-1-9-36(42)37-10-2-6-14-43(37)57)40(24-31)48-54-49(56-50(55-48)51-26-33-21-34(27-51)23-35(22-33)28-51)41-25-32(30-53)18-20-47(41)58-44-15-7-3-11-38(44)39-12-4-8-16-45(39)58/h1-20,24-25,33-35H,21-23,26-28H2. The Morgan fingerprint density at radius 3 is 1.19 bits per heavy atom. The van der Waals surface area contributed by atoms with E-state index in [2.05, 4.69) is 118 Å². The molecule has 4 saturated carbocycles. The van der Waals surface area contributed by atoms with Crippen molar-refractivity contribution in [3.8, 4) is 46.3 Å². The van der Waals surface area contributed by atoms with E-state index in [4.69, 9.17) is 15.0 Å². The third-order valence-corrected chi connectivity index (χ3v) is 13.5. The van der Waals surface area contributed by atoms with Crippen LogP contribution in [-0.2, 0) is 5.41 Å². The minimum Gasteiger partial charge on any atom is -0.309 e. The summed E-state index contributed by atoms with van der Waals surface area (Å²) < 4.78 is 4.57. The molecule has 0 unspecified atom stereocenters. The summed E-state index contributed by atoms with van der Waals surface area (Å²) in [5.41, 5.74) is 8.55. The van der Waals surface area contributed by atoms with Crippen LogP contribution in [0.25, 0.3) is 77.8 Å². The van der Waals surface area contributed by atoms with Crippen molar-refractivity contribution in [3.05, 3.63) is 150 Å². The van der Waals surface area contributed by atoms with Crippen molar-refractivity contribution in [2.24, 2.45) is 17.8 Å². The van der Waals surface area contributed by atoms with Crippen LogP contribution in [0.4, 0.5) is 0 Å². The second-order valence-corrected chi connectivity index (χ2v) is 16.9. The van der Waals surface area contributed by atoms with Crippen molar-refractivity contribution in [1.29, 1.82) is 10.5 Å². The number of hydrogen-bond acceptors (Lipinski definition) is 5. The van der Waals surface area contributed by atoms with Crippen LogP contribution in [0.2, 0.25) is 0 Å². The highest BCUT2D eigenvalue weighted by molar-refractivity contribution is 6.10. The summed E-state index contributed by atoms with van der Waals surface area (Å²) in [5, 5.41) is 25.3. The second-order valence-electron chi connectivity index (χ2n) is 16.9. The van der Waals surface area contributed by atoms with Gasteiger partial charge in [-0.2, -0.15) is 10.5 Å². The Balaban J connectivity index is 1.17. The first-order valence-corrected chi connectivity index (χ1v) is 20.4. The summed E-state index contributed by atoms with van der Waals surface area (Å²) in [6.45, 7) is 0. The average Bonchev–Trinajstić information content (AvgIpc) is 3.78. The minimum atomic E-state index is -0.152. The van der Waals surface area contributed by atoms with Crippen LogP contribution in [0.15, 0.2) is 133 Å². The Bertz CT molecular complexity index is 2930. The predicted octanol–water partition coefficient (Wildman–Crippen LogP) is 11.6. The first-order chi connectivity index (χ1) is 28.6. The van der Waals surface area contributed by atoms with Gasteiger partial charge in [0.25, 0.3) is 0 Å². The maximum atomic E-state index is 10.3. The number of fused-ring (bicyclic) bond motifs is 6. The highest BCUT2D eigenvalue weighted by atomic mass is 15.1. The zero-order valence-electron chi connectivity index (χ0n) is 31.8. The molecule has 7 heteroatoms. The number of hydrogen-bond donors (Lipinski definition) is 0. The molecule has 0 amide bonds. The Morgan fingerprint density at radius 1 is 0.466 bits per heavy atom. The summed E-state index contributed by atoms with van der Waals surface area (Å²) in [6.07, 6.45) is 7.14. The lowest BCUT2D eigenvalue weighted by Crippen LogP contribution is -2.49. The fourth-order valence-electron chi connectivity index (χ4n) is 11.6. The van der Waals surface area contributed by atoms with Crippen molar-refractivity contribution in [3.63, 3.8) is 0 Å². The molecule has 4 fully saturated rings. The minimum absolute atomic E-state index is 0.152. The Labute approximate surface area is 335 Å². The third kappa shape index (κ3) is 4.86. The molecule has 4 aliphatic carbocycles. The zero-order valence-corrected chi connectivity index (χ0v) is 31.8. The normalized spacial score (nSPS) is 20.9. The summed E-state index contributed by atoms with van der Waals surface area (Å²) >= 11 is 0. The molecule has 6 aromatic carbocycles. The van der Waals surface area contributed by atoms with Gasteiger partial charge in [0.05, 0.1) is 56.7 Å². The van der Waals surface area contributed by atoms with E-state index in [1.807, 2.05) is 36.4 Å². The van der Waals surface area contributed by atoms with E-state index in [9.17, 15) is 10.5 Å². The second kappa shape index (κ2) is 12.5. The van der Waals surface area contributed by atoms with Gasteiger partial charge in [-0.15, -0.1) is 0 Å². The maximum Gasteiger partial charge on any atom is 0.165 e. The van der Waals surface area contributed by atoms with Crippen molar-refractivity contribution >= 4 is 43.6 Å². The fraction of sp³-hybridized carbons (Fsp3) is 0.196. The Kier molecular flexibility index (Phi) is 7.10. The molecule has 0 spiro atoms. The van der Waals surface area contributed by atoms with E-state index in [1.54, 1.807) is 0 Å². The van der Waals surface area contributed by atoms with Crippen LogP contribution in [0.5, 0.6) is 0 Å². The van der Waals surface area contributed by atoms with Crippen LogP contribution in [-0.4, -0.2) is 24.1 Å². The van der Waals surface area contributed by atoms with Gasteiger partial charge in [-0.25, -0.2) is 15.0 Å². The number of nitriles is 2. The molecule has 0 aliphatic heterocycles. The van der Waals surface area contributed by atoms with Crippen LogP contribution >= 0.6 is 0 Å². The van der Waals surface area contributed by atoms with Gasteiger partial charge in [0.15, 0.2) is 11.6 Å². The fourth-order valence-corrected chi connectivity index (χ4v) is 11.6. The van der Waals surface area contributed by atoms with Gasteiger partial charge in [-0.1, -0.05) is 72.8 Å². The van der Waals surface area contributed by atoms with Gasteiger partial charge >= 0.3 is 0 Å². The highest BCUT2D eigenvalue weighted by Crippen LogP contribution is 2.60. The molecule has 3 heterocycles. The first kappa shape index (κ1) is 33.1.